The van der Waals surface area contributed by atoms with E-state index in [0.717, 1.165) is 35.5 Å². The van der Waals surface area contributed by atoms with Crippen LogP contribution in [0.3, 0.4) is 0 Å². The summed E-state index contributed by atoms with van der Waals surface area (Å²) in [7, 11) is 1.86. The molecule has 2 aromatic carbocycles. The number of aliphatic carboxylic acids is 1. The smallest absolute Gasteiger partial charge is 0.317 e. The average molecular weight is 547 g/mol. The number of carboxylic acid groups (broad SMARTS) is 1. The largest absolute Gasteiger partial charge is 0.480 e. The summed E-state index contributed by atoms with van der Waals surface area (Å²) in [6, 6.07) is 11.5. The fraction of sp³-hybridized carbons (Fsp3) is 0.286. The maximum Gasteiger partial charge on any atom is 0.317 e. The number of rotatable bonds is 6. The van der Waals surface area contributed by atoms with E-state index in [2.05, 4.69) is 16.0 Å². The number of carbonyl (C=O) groups is 1. The lowest BCUT2D eigenvalue weighted by molar-refractivity contribution is -0.138. The summed E-state index contributed by atoms with van der Waals surface area (Å²) in [5.74, 6) is -1.64. The summed E-state index contributed by atoms with van der Waals surface area (Å²) in [6.45, 7) is 2.30. The van der Waals surface area contributed by atoms with Gasteiger partial charge in [-0.1, -0.05) is 11.3 Å². The molecule has 1 N–H and O–H groups in total. The number of aryl methyl sites for hydroxylation is 1. The number of nitrogens with zero attached hydrogens (tertiary/aromatic N) is 6. The first-order valence-corrected chi connectivity index (χ1v) is 13.4. The zero-order chi connectivity index (χ0) is 27.3. The highest BCUT2D eigenvalue weighted by molar-refractivity contribution is 7.16. The highest BCUT2D eigenvalue weighted by Gasteiger charge is 2.29. The van der Waals surface area contributed by atoms with Crippen molar-refractivity contribution in [1.29, 1.82) is 5.26 Å². The first-order chi connectivity index (χ1) is 18.8. The minimum atomic E-state index is -0.860. The summed E-state index contributed by atoms with van der Waals surface area (Å²) in [6.07, 6.45) is 1.57. The third kappa shape index (κ3) is 4.56. The lowest BCUT2D eigenvalue weighted by Gasteiger charge is -2.36. The monoisotopic (exact) mass is 546 g/mol. The molecule has 4 aromatic rings. The van der Waals surface area contributed by atoms with Crippen LogP contribution in [-0.2, 0) is 17.6 Å². The number of thiazole rings is 1. The molecule has 11 heteroatoms. The van der Waals surface area contributed by atoms with Gasteiger partial charge < -0.3 is 14.9 Å². The number of benzene rings is 2. The van der Waals surface area contributed by atoms with Crippen LogP contribution in [0.1, 0.15) is 16.1 Å². The van der Waals surface area contributed by atoms with Crippen LogP contribution in [0.15, 0.2) is 36.4 Å². The van der Waals surface area contributed by atoms with Crippen molar-refractivity contribution in [3.05, 3.63) is 64.2 Å². The van der Waals surface area contributed by atoms with E-state index >= 15 is 4.39 Å². The van der Waals surface area contributed by atoms with Gasteiger partial charge in [-0.3, -0.25) is 9.69 Å². The van der Waals surface area contributed by atoms with E-state index in [-0.39, 0.29) is 12.4 Å². The van der Waals surface area contributed by atoms with Gasteiger partial charge in [0.05, 0.1) is 12.2 Å². The molecule has 3 heterocycles. The van der Waals surface area contributed by atoms with Crippen molar-refractivity contribution in [3.8, 4) is 17.3 Å². The van der Waals surface area contributed by atoms with Crippen molar-refractivity contribution in [1.82, 2.24) is 14.9 Å². The number of piperazine rings is 1. The van der Waals surface area contributed by atoms with Gasteiger partial charge in [0.25, 0.3) is 0 Å². The fourth-order valence-electron chi connectivity index (χ4n) is 5.26. The third-order valence-corrected chi connectivity index (χ3v) is 8.39. The predicted octanol–water partition coefficient (Wildman–Crippen LogP) is 4.58. The van der Waals surface area contributed by atoms with Crippen molar-refractivity contribution in [3.63, 3.8) is 0 Å². The molecule has 39 heavy (non-hydrogen) atoms. The molecule has 8 nitrogen and oxygen atoms in total. The van der Waals surface area contributed by atoms with Crippen LogP contribution in [-0.4, -0.2) is 65.7 Å². The molecule has 0 saturated carbocycles. The van der Waals surface area contributed by atoms with Crippen LogP contribution < -0.4 is 9.80 Å². The Morgan fingerprint density at radius 3 is 2.51 bits per heavy atom. The molecule has 0 spiro atoms. The van der Waals surface area contributed by atoms with Crippen molar-refractivity contribution in [2.24, 2.45) is 0 Å². The van der Waals surface area contributed by atoms with Crippen molar-refractivity contribution in [2.45, 2.75) is 12.8 Å². The Labute approximate surface area is 227 Å². The van der Waals surface area contributed by atoms with E-state index in [1.54, 1.807) is 12.1 Å². The van der Waals surface area contributed by atoms with E-state index < -0.39 is 11.8 Å². The van der Waals surface area contributed by atoms with Crippen LogP contribution >= 0.6 is 11.3 Å². The van der Waals surface area contributed by atoms with E-state index in [1.165, 1.54) is 29.5 Å². The molecule has 0 bridgehead atoms. The highest BCUT2D eigenvalue weighted by atomic mass is 32.1. The Kier molecular flexibility index (Phi) is 6.37. The lowest BCUT2D eigenvalue weighted by Crippen LogP contribution is -2.48. The van der Waals surface area contributed by atoms with Crippen LogP contribution in [0.25, 0.3) is 22.2 Å². The number of hydrogen-bond acceptors (Lipinski definition) is 8. The quantitative estimate of drug-likeness (QED) is 0.376. The number of aromatic nitrogens is 2. The van der Waals surface area contributed by atoms with Crippen molar-refractivity contribution >= 4 is 44.7 Å². The van der Waals surface area contributed by atoms with Crippen LogP contribution in [0.2, 0.25) is 0 Å². The summed E-state index contributed by atoms with van der Waals surface area (Å²) < 4.78 is 29.0. The lowest BCUT2D eigenvalue weighted by atomic mass is 9.89. The maximum absolute atomic E-state index is 15.5. The second kappa shape index (κ2) is 9.87. The summed E-state index contributed by atoms with van der Waals surface area (Å²) >= 11 is 1.23. The molecule has 1 fully saturated rings. The molecule has 1 aliphatic carbocycles. The second-order valence-electron chi connectivity index (χ2n) is 9.72. The van der Waals surface area contributed by atoms with E-state index in [0.29, 0.717) is 58.3 Å². The van der Waals surface area contributed by atoms with Crippen LogP contribution in [0, 0.1) is 23.0 Å². The summed E-state index contributed by atoms with van der Waals surface area (Å²) in [5.41, 5.74) is 4.84. The SMILES string of the molecule is CN(c1nc(-c2ccc(F)cc2)c(C#N)s1)c1c2c(nc3c(F)cc(N4CCN(CC(=O)O)CC4)cc13)CC2. The molecule has 2 aromatic heterocycles. The molecular weight excluding hydrogens is 522 g/mol. The second-order valence-corrected chi connectivity index (χ2v) is 10.7. The number of nitriles is 1. The van der Waals surface area contributed by atoms with Gasteiger partial charge in [-0.05, 0) is 54.8 Å². The first-order valence-electron chi connectivity index (χ1n) is 12.6. The number of fused-ring (bicyclic) bond motifs is 2. The average Bonchev–Trinajstić information content (AvgIpc) is 3.34. The molecule has 0 atom stereocenters. The van der Waals surface area contributed by atoms with Crippen LogP contribution in [0.4, 0.5) is 25.3 Å². The summed E-state index contributed by atoms with van der Waals surface area (Å²) in [5, 5.41) is 20.1. The molecular formula is C28H24F2N6O2S. The molecule has 2 aliphatic rings. The van der Waals surface area contributed by atoms with E-state index in [9.17, 15) is 14.4 Å². The zero-order valence-corrected chi connectivity index (χ0v) is 21.9. The molecule has 0 unspecified atom stereocenters. The Hall–Kier alpha value is -4.14. The van der Waals surface area contributed by atoms with Crippen molar-refractivity contribution in [2.75, 3.05) is 49.6 Å². The predicted molar refractivity (Wildman–Crippen MR) is 146 cm³/mol. The number of pyridine rings is 1. The number of hydrogen-bond donors (Lipinski definition) is 1. The molecule has 0 amide bonds. The Bertz CT molecular complexity index is 1640. The number of anilines is 3. The van der Waals surface area contributed by atoms with E-state index in [1.807, 2.05) is 22.9 Å². The standard InChI is InChI=1S/C28H24F2N6O2S/c1-34(28-33-25(23(14-31)39-28)16-2-4-17(29)5-3-16)27-19-6-7-22(19)32-26-20(27)12-18(13-21(26)30)36-10-8-35(9-11-36)15-24(37)38/h2-5,12-13H,6-11,15H2,1H3,(H,37,38). The number of carboxylic acids is 1. The van der Waals surface area contributed by atoms with Gasteiger partial charge in [-0.2, -0.15) is 5.26 Å². The molecule has 0 radical (unpaired) electrons. The van der Waals surface area contributed by atoms with Gasteiger partial charge >= 0.3 is 5.97 Å². The van der Waals surface area contributed by atoms with Crippen molar-refractivity contribution < 1.29 is 18.7 Å². The van der Waals surface area contributed by atoms with Gasteiger partial charge in [0.15, 0.2) is 10.9 Å². The van der Waals surface area contributed by atoms with Gasteiger partial charge in [-0.15, -0.1) is 0 Å². The topological polar surface area (TPSA) is 96.6 Å². The number of halogens is 2. The molecule has 1 aliphatic heterocycles. The Morgan fingerprint density at radius 2 is 1.87 bits per heavy atom. The molecule has 1 saturated heterocycles. The first kappa shape index (κ1) is 25.2. The summed E-state index contributed by atoms with van der Waals surface area (Å²) in [4.78, 5) is 26.7. The van der Waals surface area contributed by atoms with Gasteiger partial charge in [0.2, 0.25) is 0 Å². The maximum atomic E-state index is 15.5. The fourth-order valence-corrected chi connectivity index (χ4v) is 6.12. The zero-order valence-electron chi connectivity index (χ0n) is 21.1. The Balaban J connectivity index is 1.40. The normalized spacial score (nSPS) is 15.1. The minimum Gasteiger partial charge on any atom is -0.480 e. The van der Waals surface area contributed by atoms with E-state index in [4.69, 9.17) is 10.1 Å². The minimum absolute atomic E-state index is 0.0106. The molecule has 198 valence electrons. The molecule has 6 rings (SSSR count). The van der Waals surface area contributed by atoms with Gasteiger partial charge in [0, 0.05) is 55.6 Å². The van der Waals surface area contributed by atoms with Crippen LogP contribution in [0.5, 0.6) is 0 Å². The Morgan fingerprint density at radius 1 is 1.13 bits per heavy atom. The highest BCUT2D eigenvalue weighted by Crippen LogP contribution is 2.44. The van der Waals surface area contributed by atoms with Gasteiger partial charge in [0.1, 0.15) is 28.0 Å². The third-order valence-electron chi connectivity index (χ3n) is 7.35. The van der Waals surface area contributed by atoms with Gasteiger partial charge in [-0.25, -0.2) is 18.7 Å².